The van der Waals surface area contributed by atoms with E-state index >= 15 is 0 Å². The van der Waals surface area contributed by atoms with Gasteiger partial charge in [-0.3, -0.25) is 0 Å². The maximum Gasteiger partial charge on any atom is 0.128 e. The van der Waals surface area contributed by atoms with Crippen LogP contribution >= 0.6 is 12.4 Å². The summed E-state index contributed by atoms with van der Waals surface area (Å²) in [5, 5.41) is 3.42. The molecule has 15 heavy (non-hydrogen) atoms. The Kier molecular flexibility index (Phi) is 5.58. The molecular weight excluding hydrogens is 210 g/mol. The molecule has 84 valence electrons. The molecule has 1 fully saturated rings. The number of nitrogens with zero attached hydrogens (tertiary/aromatic N) is 2. The molecule has 1 unspecified atom stereocenters. The first-order valence-electron chi connectivity index (χ1n) is 5.42. The second kappa shape index (κ2) is 6.75. The maximum atomic E-state index is 4.27. The van der Waals surface area contributed by atoms with Gasteiger partial charge in [0, 0.05) is 18.8 Å². The van der Waals surface area contributed by atoms with Crippen LogP contribution in [0.15, 0.2) is 18.5 Å². The van der Waals surface area contributed by atoms with Crippen molar-refractivity contribution < 1.29 is 0 Å². The first-order valence-corrected chi connectivity index (χ1v) is 5.42. The van der Waals surface area contributed by atoms with Crippen LogP contribution in [0.2, 0.25) is 0 Å². The lowest BCUT2D eigenvalue weighted by Crippen LogP contribution is -2.14. The Bertz CT molecular complexity index is 258. The molecule has 1 aromatic rings. The van der Waals surface area contributed by atoms with E-state index in [1.807, 2.05) is 18.5 Å². The Morgan fingerprint density at radius 2 is 2.00 bits per heavy atom. The SMILES string of the molecule is Cl.c1cnc(CC2CCCNCC2)nc1. The average molecular weight is 228 g/mol. The third-order valence-corrected chi connectivity index (χ3v) is 2.79. The van der Waals surface area contributed by atoms with Crippen molar-refractivity contribution >= 4 is 12.4 Å². The van der Waals surface area contributed by atoms with E-state index in [1.54, 1.807) is 0 Å². The summed E-state index contributed by atoms with van der Waals surface area (Å²) in [6.07, 6.45) is 8.57. The molecule has 2 rings (SSSR count). The fourth-order valence-electron chi connectivity index (χ4n) is 1.99. The van der Waals surface area contributed by atoms with Gasteiger partial charge in [-0.2, -0.15) is 0 Å². The van der Waals surface area contributed by atoms with Gasteiger partial charge in [-0.1, -0.05) is 0 Å². The zero-order valence-electron chi connectivity index (χ0n) is 8.85. The first-order chi connectivity index (χ1) is 6.95. The zero-order chi connectivity index (χ0) is 9.64. The summed E-state index contributed by atoms with van der Waals surface area (Å²) < 4.78 is 0. The standard InChI is InChI=1S/C11H17N3.ClH/c1-3-10(4-8-12-5-1)9-11-13-6-2-7-14-11;/h2,6-7,10,12H,1,3-5,8-9H2;1H. The van der Waals surface area contributed by atoms with Crippen LogP contribution in [0.4, 0.5) is 0 Å². The monoisotopic (exact) mass is 227 g/mol. The lowest BCUT2D eigenvalue weighted by Gasteiger charge is -2.11. The summed E-state index contributed by atoms with van der Waals surface area (Å²) in [5.74, 6) is 1.77. The summed E-state index contributed by atoms with van der Waals surface area (Å²) in [6.45, 7) is 2.32. The topological polar surface area (TPSA) is 37.8 Å². The molecule has 0 saturated carbocycles. The Morgan fingerprint density at radius 1 is 1.20 bits per heavy atom. The third kappa shape index (κ3) is 4.14. The normalized spacial score (nSPS) is 21.5. The molecule has 0 bridgehead atoms. The fourth-order valence-corrected chi connectivity index (χ4v) is 1.99. The van der Waals surface area contributed by atoms with Crippen LogP contribution in [0.5, 0.6) is 0 Å². The predicted octanol–water partition coefficient (Wildman–Crippen LogP) is 1.83. The second-order valence-corrected chi connectivity index (χ2v) is 3.92. The lowest BCUT2D eigenvalue weighted by atomic mass is 9.97. The molecule has 1 saturated heterocycles. The van der Waals surface area contributed by atoms with Crippen molar-refractivity contribution in [3.8, 4) is 0 Å². The summed E-state index contributed by atoms with van der Waals surface area (Å²) in [5.41, 5.74) is 0. The minimum absolute atomic E-state index is 0. The van der Waals surface area contributed by atoms with E-state index in [-0.39, 0.29) is 12.4 Å². The number of hydrogen-bond donors (Lipinski definition) is 1. The Labute approximate surface area is 97.1 Å². The molecule has 0 radical (unpaired) electrons. The van der Waals surface area contributed by atoms with Crippen LogP contribution in [0.3, 0.4) is 0 Å². The molecule has 0 amide bonds. The highest BCUT2D eigenvalue weighted by molar-refractivity contribution is 5.85. The highest BCUT2D eigenvalue weighted by Gasteiger charge is 2.13. The van der Waals surface area contributed by atoms with Gasteiger partial charge in [0.05, 0.1) is 0 Å². The number of halogens is 1. The highest BCUT2D eigenvalue weighted by atomic mass is 35.5. The molecule has 3 nitrogen and oxygen atoms in total. The molecule has 0 spiro atoms. The van der Waals surface area contributed by atoms with Gasteiger partial charge >= 0.3 is 0 Å². The third-order valence-electron chi connectivity index (χ3n) is 2.79. The van der Waals surface area contributed by atoms with Gasteiger partial charge in [-0.05, 0) is 44.3 Å². The molecule has 2 heterocycles. The largest absolute Gasteiger partial charge is 0.317 e. The van der Waals surface area contributed by atoms with E-state index in [0.29, 0.717) is 0 Å². The number of rotatable bonds is 2. The van der Waals surface area contributed by atoms with Gasteiger partial charge in [-0.25, -0.2) is 9.97 Å². The van der Waals surface area contributed by atoms with Crippen LogP contribution in [-0.4, -0.2) is 23.1 Å². The highest BCUT2D eigenvalue weighted by Crippen LogP contribution is 2.16. The average Bonchev–Trinajstić information content (AvgIpc) is 2.48. The number of hydrogen-bond acceptors (Lipinski definition) is 3. The maximum absolute atomic E-state index is 4.27. The molecule has 1 aromatic heterocycles. The quantitative estimate of drug-likeness (QED) is 0.838. The van der Waals surface area contributed by atoms with Crippen LogP contribution in [0.1, 0.15) is 25.1 Å². The van der Waals surface area contributed by atoms with E-state index in [4.69, 9.17) is 0 Å². The molecule has 1 atom stereocenters. The summed E-state index contributed by atoms with van der Waals surface area (Å²) >= 11 is 0. The van der Waals surface area contributed by atoms with Crippen molar-refractivity contribution in [2.75, 3.05) is 13.1 Å². The minimum Gasteiger partial charge on any atom is -0.317 e. The zero-order valence-corrected chi connectivity index (χ0v) is 9.67. The van der Waals surface area contributed by atoms with Crippen molar-refractivity contribution in [3.05, 3.63) is 24.3 Å². The van der Waals surface area contributed by atoms with Crippen LogP contribution in [-0.2, 0) is 6.42 Å². The molecule has 4 heteroatoms. The predicted molar refractivity (Wildman–Crippen MR) is 63.2 cm³/mol. The van der Waals surface area contributed by atoms with E-state index in [1.165, 1.54) is 25.8 Å². The summed E-state index contributed by atoms with van der Waals surface area (Å²) in [6, 6.07) is 1.87. The van der Waals surface area contributed by atoms with E-state index in [2.05, 4.69) is 15.3 Å². The van der Waals surface area contributed by atoms with Gasteiger partial charge in [0.15, 0.2) is 0 Å². The van der Waals surface area contributed by atoms with Gasteiger partial charge in [-0.15, -0.1) is 12.4 Å². The Balaban J connectivity index is 0.00000112. The fraction of sp³-hybridized carbons (Fsp3) is 0.636. The van der Waals surface area contributed by atoms with Crippen molar-refractivity contribution in [1.29, 1.82) is 0 Å². The molecule has 1 aliphatic heterocycles. The second-order valence-electron chi connectivity index (χ2n) is 3.92. The molecule has 0 aromatic carbocycles. The molecule has 0 aliphatic carbocycles. The molecule has 1 aliphatic rings. The van der Waals surface area contributed by atoms with Gasteiger partial charge in [0.1, 0.15) is 5.82 Å². The summed E-state index contributed by atoms with van der Waals surface area (Å²) in [4.78, 5) is 8.54. The minimum atomic E-state index is 0. The van der Waals surface area contributed by atoms with Gasteiger partial charge in [0.25, 0.3) is 0 Å². The van der Waals surface area contributed by atoms with Gasteiger partial charge < -0.3 is 5.32 Å². The van der Waals surface area contributed by atoms with Crippen molar-refractivity contribution in [3.63, 3.8) is 0 Å². The molecular formula is C11H18ClN3. The van der Waals surface area contributed by atoms with E-state index in [0.717, 1.165) is 24.7 Å². The van der Waals surface area contributed by atoms with Crippen molar-refractivity contribution in [1.82, 2.24) is 15.3 Å². The van der Waals surface area contributed by atoms with Gasteiger partial charge in [0.2, 0.25) is 0 Å². The smallest absolute Gasteiger partial charge is 0.128 e. The van der Waals surface area contributed by atoms with Crippen molar-refractivity contribution in [2.45, 2.75) is 25.7 Å². The van der Waals surface area contributed by atoms with Crippen molar-refractivity contribution in [2.24, 2.45) is 5.92 Å². The summed E-state index contributed by atoms with van der Waals surface area (Å²) in [7, 11) is 0. The Morgan fingerprint density at radius 3 is 2.80 bits per heavy atom. The van der Waals surface area contributed by atoms with Crippen LogP contribution in [0, 0.1) is 5.92 Å². The van der Waals surface area contributed by atoms with Crippen LogP contribution in [0.25, 0.3) is 0 Å². The Hall–Kier alpha value is -0.670. The molecule has 1 N–H and O–H groups in total. The number of aromatic nitrogens is 2. The lowest BCUT2D eigenvalue weighted by molar-refractivity contribution is 0.459. The van der Waals surface area contributed by atoms with E-state index in [9.17, 15) is 0 Å². The first kappa shape index (κ1) is 12.4. The van der Waals surface area contributed by atoms with Crippen LogP contribution < -0.4 is 5.32 Å². The van der Waals surface area contributed by atoms with E-state index < -0.39 is 0 Å². The number of nitrogens with one attached hydrogen (secondary N) is 1.